The molecule has 0 aliphatic carbocycles. The van der Waals surface area contributed by atoms with E-state index in [1.807, 2.05) is 0 Å². The minimum absolute atomic E-state index is 0.383. The van der Waals surface area contributed by atoms with Crippen LogP contribution in [-0.2, 0) is 11.0 Å². The summed E-state index contributed by atoms with van der Waals surface area (Å²) in [6.45, 7) is -0.390. The van der Waals surface area contributed by atoms with Gasteiger partial charge in [-0.1, -0.05) is 12.1 Å². The van der Waals surface area contributed by atoms with Crippen molar-refractivity contribution in [2.75, 3.05) is 13.7 Å². The molecule has 0 aliphatic heterocycles. The third kappa shape index (κ3) is 3.63. The van der Waals surface area contributed by atoms with Crippen LogP contribution >= 0.6 is 0 Å². The van der Waals surface area contributed by atoms with Crippen LogP contribution in [0, 0.1) is 0 Å². The molecule has 0 fully saturated rings. The van der Waals surface area contributed by atoms with Gasteiger partial charge in [0, 0.05) is 0 Å². The molecule has 0 bridgehead atoms. The highest BCUT2D eigenvalue weighted by molar-refractivity contribution is 5.73. The number of carbonyl (C=O) groups is 1. The summed E-state index contributed by atoms with van der Waals surface area (Å²) in [5.41, 5.74) is -0.926. The number of benzene rings is 1. The van der Waals surface area contributed by atoms with Gasteiger partial charge >= 0.3 is 12.1 Å². The van der Waals surface area contributed by atoms with E-state index < -0.39 is 23.8 Å². The Balaban J connectivity index is 2.82. The molecular weight excluding hydrogens is 251 g/mol. The van der Waals surface area contributed by atoms with Gasteiger partial charge in [0.15, 0.2) is 0 Å². The Morgan fingerprint density at radius 2 is 2.06 bits per heavy atom. The maximum absolute atomic E-state index is 12.6. The van der Waals surface area contributed by atoms with E-state index in [9.17, 15) is 18.0 Å². The fourth-order valence-electron chi connectivity index (χ4n) is 1.28. The first-order chi connectivity index (χ1) is 8.36. The first-order valence-corrected chi connectivity index (χ1v) is 5.05. The Hall–Kier alpha value is -1.76. The van der Waals surface area contributed by atoms with Crippen molar-refractivity contribution >= 4 is 5.97 Å². The van der Waals surface area contributed by atoms with E-state index in [0.29, 0.717) is 0 Å². The van der Waals surface area contributed by atoms with E-state index >= 15 is 0 Å². The molecular formula is C11H12F3NO3. The van der Waals surface area contributed by atoms with Gasteiger partial charge in [0.2, 0.25) is 0 Å². The number of halogens is 3. The number of rotatable bonds is 5. The van der Waals surface area contributed by atoms with Gasteiger partial charge in [0.25, 0.3) is 0 Å². The fraction of sp³-hybridized carbons (Fsp3) is 0.364. The van der Waals surface area contributed by atoms with Gasteiger partial charge in [-0.3, -0.25) is 4.79 Å². The zero-order chi connectivity index (χ0) is 13.8. The third-order valence-corrected chi connectivity index (χ3v) is 2.24. The van der Waals surface area contributed by atoms with Gasteiger partial charge in [0.1, 0.15) is 18.4 Å². The lowest BCUT2D eigenvalue weighted by molar-refractivity contribution is -0.140. The molecule has 18 heavy (non-hydrogen) atoms. The highest BCUT2D eigenvalue weighted by Gasteiger charge is 2.34. The van der Waals surface area contributed by atoms with Crippen LogP contribution in [0.2, 0.25) is 0 Å². The summed E-state index contributed by atoms with van der Waals surface area (Å²) in [6, 6.07) is 3.59. The molecule has 1 rings (SSSR count). The number of hydrogen-bond donors (Lipinski definition) is 2. The smallest absolute Gasteiger partial charge is 0.419 e. The summed E-state index contributed by atoms with van der Waals surface area (Å²) in [4.78, 5) is 10.7. The molecule has 0 saturated heterocycles. The van der Waals surface area contributed by atoms with Crippen molar-refractivity contribution in [1.82, 2.24) is 5.32 Å². The average Bonchev–Trinajstić information content (AvgIpc) is 2.28. The zero-order valence-electron chi connectivity index (χ0n) is 9.49. The summed E-state index contributed by atoms with van der Waals surface area (Å²) in [5.74, 6) is -1.58. The maximum atomic E-state index is 12.6. The van der Waals surface area contributed by atoms with Crippen LogP contribution in [0.25, 0.3) is 0 Å². The molecule has 4 nitrogen and oxygen atoms in total. The second-order valence-corrected chi connectivity index (χ2v) is 3.48. The number of carboxylic acid groups (broad SMARTS) is 1. The number of hydrogen-bond acceptors (Lipinski definition) is 3. The summed E-state index contributed by atoms with van der Waals surface area (Å²) < 4.78 is 42.7. The van der Waals surface area contributed by atoms with Gasteiger partial charge in [-0.25, -0.2) is 0 Å². The number of aliphatic carboxylic acids is 1. The Morgan fingerprint density at radius 3 is 2.56 bits per heavy atom. The van der Waals surface area contributed by atoms with Crippen molar-refractivity contribution in [2.24, 2.45) is 0 Å². The minimum atomic E-state index is -4.53. The summed E-state index contributed by atoms with van der Waals surface area (Å²) >= 11 is 0. The lowest BCUT2D eigenvalue weighted by Gasteiger charge is -2.16. The van der Waals surface area contributed by atoms with Crippen LogP contribution in [0.5, 0.6) is 5.75 Å². The zero-order valence-corrected chi connectivity index (χ0v) is 9.49. The fourth-order valence-corrected chi connectivity index (χ4v) is 1.28. The second kappa shape index (κ2) is 5.72. The molecule has 0 aliphatic rings. The number of nitrogens with one attached hydrogen (secondary N) is 1. The summed E-state index contributed by atoms with van der Waals surface area (Å²) in [6.07, 6.45) is -4.53. The number of carboxylic acids is 1. The van der Waals surface area contributed by atoms with E-state index in [-0.39, 0.29) is 12.4 Å². The molecule has 0 radical (unpaired) electrons. The van der Waals surface area contributed by atoms with E-state index in [2.05, 4.69) is 5.32 Å². The molecule has 1 unspecified atom stereocenters. The highest BCUT2D eigenvalue weighted by atomic mass is 19.4. The van der Waals surface area contributed by atoms with Crippen LogP contribution in [0.4, 0.5) is 13.2 Å². The molecule has 7 heteroatoms. The Morgan fingerprint density at radius 1 is 1.44 bits per heavy atom. The SMILES string of the molecule is CNC(COc1ccccc1C(F)(F)F)C(=O)O. The van der Waals surface area contributed by atoms with Crippen LogP contribution in [0.3, 0.4) is 0 Å². The number of alkyl halides is 3. The largest absolute Gasteiger partial charge is 0.491 e. The Kier molecular flexibility index (Phi) is 4.55. The van der Waals surface area contributed by atoms with Crippen molar-refractivity contribution < 1.29 is 27.8 Å². The lowest BCUT2D eigenvalue weighted by atomic mass is 10.2. The first kappa shape index (κ1) is 14.3. The second-order valence-electron chi connectivity index (χ2n) is 3.48. The molecule has 0 spiro atoms. The van der Waals surface area contributed by atoms with Gasteiger partial charge in [0.05, 0.1) is 5.56 Å². The molecule has 0 heterocycles. The maximum Gasteiger partial charge on any atom is 0.419 e. The Labute approximate surface area is 101 Å². The molecule has 1 atom stereocenters. The molecule has 1 aromatic carbocycles. The molecule has 0 aromatic heterocycles. The third-order valence-electron chi connectivity index (χ3n) is 2.24. The average molecular weight is 263 g/mol. The topological polar surface area (TPSA) is 58.6 Å². The molecule has 0 saturated carbocycles. The standard InChI is InChI=1S/C11H12F3NO3/c1-15-8(10(16)17)6-18-9-5-3-2-4-7(9)11(12,13)14/h2-5,8,15H,6H2,1H3,(H,16,17). The van der Waals surface area contributed by atoms with Crippen molar-refractivity contribution in [3.63, 3.8) is 0 Å². The quantitative estimate of drug-likeness (QED) is 0.849. The van der Waals surface area contributed by atoms with Crippen LogP contribution < -0.4 is 10.1 Å². The van der Waals surface area contributed by atoms with E-state index in [4.69, 9.17) is 9.84 Å². The molecule has 1 aromatic rings. The summed E-state index contributed by atoms with van der Waals surface area (Å²) in [7, 11) is 1.39. The van der Waals surface area contributed by atoms with Crippen molar-refractivity contribution in [2.45, 2.75) is 12.2 Å². The van der Waals surface area contributed by atoms with Crippen LogP contribution in [0.1, 0.15) is 5.56 Å². The Bertz CT molecular complexity index is 420. The predicted molar refractivity (Wildman–Crippen MR) is 57.4 cm³/mol. The van der Waals surface area contributed by atoms with Crippen molar-refractivity contribution in [3.05, 3.63) is 29.8 Å². The van der Waals surface area contributed by atoms with Gasteiger partial charge in [-0.05, 0) is 19.2 Å². The summed E-state index contributed by atoms with van der Waals surface area (Å²) in [5, 5.41) is 11.1. The molecule has 0 amide bonds. The van der Waals surface area contributed by atoms with Gasteiger partial charge < -0.3 is 15.2 Å². The van der Waals surface area contributed by atoms with Crippen LogP contribution in [0.15, 0.2) is 24.3 Å². The molecule has 2 N–H and O–H groups in total. The number of ether oxygens (including phenoxy) is 1. The predicted octanol–water partition coefficient (Wildman–Crippen LogP) is 1.76. The van der Waals surface area contributed by atoms with Gasteiger partial charge in [-0.2, -0.15) is 13.2 Å². The van der Waals surface area contributed by atoms with Crippen LogP contribution in [-0.4, -0.2) is 30.8 Å². The number of likely N-dealkylation sites (N-methyl/N-ethyl adjacent to an activating group) is 1. The van der Waals surface area contributed by atoms with Crippen molar-refractivity contribution in [1.29, 1.82) is 0 Å². The van der Waals surface area contributed by atoms with E-state index in [1.54, 1.807) is 0 Å². The monoisotopic (exact) mass is 263 g/mol. The lowest BCUT2D eigenvalue weighted by Crippen LogP contribution is -2.39. The first-order valence-electron chi connectivity index (χ1n) is 5.05. The van der Waals surface area contributed by atoms with E-state index in [1.165, 1.54) is 19.2 Å². The normalized spacial score (nSPS) is 13.1. The minimum Gasteiger partial charge on any atom is -0.491 e. The van der Waals surface area contributed by atoms with Gasteiger partial charge in [-0.15, -0.1) is 0 Å². The highest BCUT2D eigenvalue weighted by Crippen LogP contribution is 2.35. The number of para-hydroxylation sites is 1. The van der Waals surface area contributed by atoms with E-state index in [0.717, 1.165) is 12.1 Å². The molecule has 100 valence electrons. The van der Waals surface area contributed by atoms with Crippen molar-refractivity contribution in [3.8, 4) is 5.75 Å².